The number of hydrogen-bond donors (Lipinski definition) is 0. The molecule has 0 N–H and O–H groups in total. The first-order valence-electron chi connectivity index (χ1n) is 7.24. The van der Waals surface area contributed by atoms with Crippen molar-refractivity contribution < 1.29 is 9.53 Å². The van der Waals surface area contributed by atoms with Crippen molar-refractivity contribution in [1.82, 2.24) is 14.6 Å². The minimum absolute atomic E-state index is 0.278. The van der Waals surface area contributed by atoms with Gasteiger partial charge >= 0.3 is 5.97 Å². The molecular weight excluding hydrogens is 328 g/mol. The van der Waals surface area contributed by atoms with Crippen LogP contribution in [0.5, 0.6) is 0 Å². The van der Waals surface area contributed by atoms with Crippen LogP contribution in [0.2, 0.25) is 0 Å². The summed E-state index contributed by atoms with van der Waals surface area (Å²) >= 11 is 1.15. The Morgan fingerprint density at radius 2 is 2.17 bits per heavy atom. The van der Waals surface area contributed by atoms with Crippen LogP contribution >= 0.6 is 11.3 Å². The van der Waals surface area contributed by atoms with Gasteiger partial charge < -0.3 is 4.74 Å². The molecular formula is C16H14N4O3S. The number of aromatic nitrogens is 3. The fourth-order valence-corrected chi connectivity index (χ4v) is 3.20. The minimum Gasteiger partial charge on any atom is -0.462 e. The van der Waals surface area contributed by atoms with Gasteiger partial charge in [-0.2, -0.15) is 9.78 Å². The summed E-state index contributed by atoms with van der Waals surface area (Å²) in [7, 11) is 0. The van der Waals surface area contributed by atoms with Crippen molar-refractivity contribution in [3.8, 4) is 0 Å². The zero-order chi connectivity index (χ0) is 17.1. The molecule has 3 aromatic heterocycles. The van der Waals surface area contributed by atoms with E-state index in [0.717, 1.165) is 21.6 Å². The average molecular weight is 342 g/mol. The number of ether oxygens (including phenoxy) is 1. The number of aryl methyl sites for hydroxylation is 1. The number of carbonyl (C=O) groups is 1. The van der Waals surface area contributed by atoms with Gasteiger partial charge in [0.15, 0.2) is 0 Å². The lowest BCUT2D eigenvalue weighted by Gasteiger charge is -1.99. The maximum Gasteiger partial charge on any atom is 0.348 e. The molecule has 0 radical (unpaired) electrons. The molecule has 0 saturated heterocycles. The molecule has 3 heterocycles. The van der Waals surface area contributed by atoms with Crippen molar-refractivity contribution in [3.63, 3.8) is 0 Å². The molecule has 24 heavy (non-hydrogen) atoms. The summed E-state index contributed by atoms with van der Waals surface area (Å²) in [5, 5.41) is 4.52. The SMILES string of the molecule is CCOC(=O)c1sc2ncn(N=Cc3ccncc3)c(=O)c2c1C. The summed E-state index contributed by atoms with van der Waals surface area (Å²) in [6.07, 6.45) is 6.16. The van der Waals surface area contributed by atoms with E-state index in [-0.39, 0.29) is 12.2 Å². The van der Waals surface area contributed by atoms with Crippen LogP contribution in [0.25, 0.3) is 10.2 Å². The number of rotatable bonds is 4. The van der Waals surface area contributed by atoms with Crippen molar-refractivity contribution in [2.75, 3.05) is 6.61 Å². The number of carbonyl (C=O) groups excluding carboxylic acids is 1. The first-order chi connectivity index (χ1) is 11.6. The van der Waals surface area contributed by atoms with E-state index >= 15 is 0 Å². The number of fused-ring (bicyclic) bond motifs is 1. The standard InChI is InChI=1S/C16H14N4O3S/c1-3-23-16(22)13-10(2)12-14(24-13)18-9-20(15(12)21)19-8-11-4-6-17-7-5-11/h4-9H,3H2,1-2H3. The molecule has 0 fully saturated rings. The Labute approximate surface area is 141 Å². The predicted octanol–water partition coefficient (Wildman–Crippen LogP) is 2.22. The van der Waals surface area contributed by atoms with E-state index in [1.807, 2.05) is 0 Å². The third-order valence-corrected chi connectivity index (χ3v) is 4.51. The molecule has 0 aliphatic rings. The van der Waals surface area contributed by atoms with Gasteiger partial charge in [-0.15, -0.1) is 11.3 Å². The molecule has 0 spiro atoms. The Kier molecular flexibility index (Phi) is 4.48. The number of thiophene rings is 1. The molecule has 0 aliphatic carbocycles. The van der Waals surface area contributed by atoms with Crippen LogP contribution in [0.15, 0.2) is 40.7 Å². The van der Waals surface area contributed by atoms with E-state index < -0.39 is 5.97 Å². The Hall–Kier alpha value is -2.87. The zero-order valence-electron chi connectivity index (χ0n) is 13.1. The van der Waals surface area contributed by atoms with Crippen molar-refractivity contribution in [2.45, 2.75) is 13.8 Å². The Balaban J connectivity index is 2.05. The van der Waals surface area contributed by atoms with Crippen LogP contribution < -0.4 is 5.56 Å². The summed E-state index contributed by atoms with van der Waals surface area (Å²) in [5.41, 5.74) is 1.06. The fourth-order valence-electron chi connectivity index (χ4n) is 2.17. The van der Waals surface area contributed by atoms with Crippen molar-refractivity contribution in [1.29, 1.82) is 0 Å². The van der Waals surface area contributed by atoms with Crippen LogP contribution in [-0.4, -0.2) is 33.4 Å². The summed E-state index contributed by atoms with van der Waals surface area (Å²) in [6.45, 7) is 3.73. The normalized spacial score (nSPS) is 11.2. The number of hydrogen-bond acceptors (Lipinski definition) is 7. The average Bonchev–Trinajstić information content (AvgIpc) is 2.93. The fraction of sp³-hybridized carbons (Fsp3) is 0.188. The van der Waals surface area contributed by atoms with Gasteiger partial charge in [0.25, 0.3) is 5.56 Å². The van der Waals surface area contributed by atoms with Gasteiger partial charge in [-0.05, 0) is 37.1 Å². The second kappa shape index (κ2) is 6.71. The highest BCUT2D eigenvalue weighted by Gasteiger charge is 2.20. The van der Waals surface area contributed by atoms with E-state index in [1.54, 1.807) is 44.6 Å². The lowest BCUT2D eigenvalue weighted by molar-refractivity contribution is 0.0531. The highest BCUT2D eigenvalue weighted by atomic mass is 32.1. The van der Waals surface area contributed by atoms with Crippen LogP contribution in [0.4, 0.5) is 0 Å². The number of nitrogens with zero attached hydrogens (tertiary/aromatic N) is 4. The van der Waals surface area contributed by atoms with Crippen LogP contribution in [0.1, 0.15) is 27.7 Å². The van der Waals surface area contributed by atoms with Crippen LogP contribution in [-0.2, 0) is 4.74 Å². The largest absolute Gasteiger partial charge is 0.462 e. The molecule has 0 aromatic carbocycles. The molecule has 0 atom stereocenters. The Morgan fingerprint density at radius 3 is 2.88 bits per heavy atom. The van der Waals surface area contributed by atoms with Gasteiger partial charge in [-0.3, -0.25) is 9.78 Å². The first-order valence-corrected chi connectivity index (χ1v) is 8.05. The Bertz CT molecular complexity index is 976. The first kappa shape index (κ1) is 16.0. The van der Waals surface area contributed by atoms with Crippen LogP contribution in [0.3, 0.4) is 0 Å². The number of pyridine rings is 1. The monoisotopic (exact) mass is 342 g/mol. The highest BCUT2D eigenvalue weighted by Crippen LogP contribution is 2.27. The van der Waals surface area contributed by atoms with Gasteiger partial charge in [0.05, 0.1) is 18.2 Å². The maximum absolute atomic E-state index is 12.6. The number of esters is 1. The summed E-state index contributed by atoms with van der Waals surface area (Å²) in [4.78, 5) is 33.6. The summed E-state index contributed by atoms with van der Waals surface area (Å²) < 4.78 is 6.16. The lowest BCUT2D eigenvalue weighted by atomic mass is 10.2. The van der Waals surface area contributed by atoms with Gasteiger partial charge in [0.1, 0.15) is 16.0 Å². The molecule has 122 valence electrons. The van der Waals surface area contributed by atoms with Gasteiger partial charge in [0.2, 0.25) is 0 Å². The summed E-state index contributed by atoms with van der Waals surface area (Å²) in [5.74, 6) is -0.441. The van der Waals surface area contributed by atoms with E-state index in [4.69, 9.17) is 4.74 Å². The molecule has 0 unspecified atom stereocenters. The van der Waals surface area contributed by atoms with Crippen molar-refractivity contribution in [3.05, 3.63) is 57.2 Å². The van der Waals surface area contributed by atoms with Crippen molar-refractivity contribution in [2.24, 2.45) is 5.10 Å². The molecule has 0 aliphatic heterocycles. The Morgan fingerprint density at radius 1 is 1.42 bits per heavy atom. The van der Waals surface area contributed by atoms with E-state index in [0.29, 0.717) is 20.7 Å². The highest BCUT2D eigenvalue weighted by molar-refractivity contribution is 7.20. The topological polar surface area (TPSA) is 86.4 Å². The van der Waals surface area contributed by atoms with Gasteiger partial charge in [-0.25, -0.2) is 9.78 Å². The molecule has 0 bridgehead atoms. The summed E-state index contributed by atoms with van der Waals surface area (Å²) in [6, 6.07) is 3.55. The van der Waals surface area contributed by atoms with Crippen molar-refractivity contribution >= 4 is 33.7 Å². The van der Waals surface area contributed by atoms with Gasteiger partial charge in [-0.1, -0.05) is 0 Å². The van der Waals surface area contributed by atoms with E-state index in [1.165, 1.54) is 6.33 Å². The quantitative estimate of drug-likeness (QED) is 0.536. The van der Waals surface area contributed by atoms with E-state index in [2.05, 4.69) is 15.1 Å². The second-order valence-electron chi connectivity index (χ2n) is 4.88. The van der Waals surface area contributed by atoms with Gasteiger partial charge in [0, 0.05) is 12.4 Å². The third kappa shape index (κ3) is 2.95. The minimum atomic E-state index is -0.441. The zero-order valence-corrected chi connectivity index (χ0v) is 13.9. The lowest BCUT2D eigenvalue weighted by Crippen LogP contribution is -2.17. The molecule has 3 rings (SSSR count). The second-order valence-corrected chi connectivity index (χ2v) is 5.88. The molecule has 3 aromatic rings. The maximum atomic E-state index is 12.6. The predicted molar refractivity (Wildman–Crippen MR) is 91.8 cm³/mol. The molecule has 8 heteroatoms. The smallest absolute Gasteiger partial charge is 0.348 e. The van der Waals surface area contributed by atoms with Crippen LogP contribution in [0, 0.1) is 6.92 Å². The molecule has 0 amide bonds. The molecule has 0 saturated carbocycles. The molecule has 7 nitrogen and oxygen atoms in total. The van der Waals surface area contributed by atoms with E-state index in [9.17, 15) is 9.59 Å². The third-order valence-electron chi connectivity index (χ3n) is 3.33.